The Labute approximate surface area is 154 Å². The summed E-state index contributed by atoms with van der Waals surface area (Å²) >= 11 is 1.54. The van der Waals surface area contributed by atoms with E-state index in [0.29, 0.717) is 25.3 Å². The molecule has 0 bridgehead atoms. The third kappa shape index (κ3) is 3.27. The van der Waals surface area contributed by atoms with Gasteiger partial charge in [0.1, 0.15) is 0 Å². The van der Waals surface area contributed by atoms with Crippen LogP contribution in [0.15, 0.2) is 40.5 Å². The van der Waals surface area contributed by atoms with Gasteiger partial charge in [-0.3, -0.25) is 9.69 Å². The standard InChI is InChI=1S/C19H18FN3O2S/c1-25-16-5-4-12(9-14(16)20)10-23-7-6-13-15(11-23)21-18(22-19(13)24)17-3-2-8-26-17/h2-5,8-9H,6-7,10-11H2,1H3,(H,21,22,24). The van der Waals surface area contributed by atoms with Gasteiger partial charge in [-0.2, -0.15) is 0 Å². The fraction of sp³-hybridized carbons (Fsp3) is 0.263. The Kier molecular flexibility index (Phi) is 4.57. The zero-order chi connectivity index (χ0) is 18.1. The van der Waals surface area contributed by atoms with Gasteiger partial charge in [0.2, 0.25) is 0 Å². The molecule has 0 radical (unpaired) electrons. The fourth-order valence-electron chi connectivity index (χ4n) is 3.23. The Bertz CT molecular complexity index is 985. The maximum Gasteiger partial charge on any atom is 0.254 e. The van der Waals surface area contributed by atoms with Crippen molar-refractivity contribution in [3.05, 3.63) is 68.7 Å². The molecule has 1 aliphatic heterocycles. The number of nitrogens with one attached hydrogen (secondary N) is 1. The van der Waals surface area contributed by atoms with E-state index in [0.717, 1.165) is 28.2 Å². The molecule has 0 saturated carbocycles. The molecule has 3 aromatic rings. The fourth-order valence-corrected chi connectivity index (χ4v) is 3.89. The highest BCUT2D eigenvalue weighted by molar-refractivity contribution is 7.13. The molecular weight excluding hydrogens is 353 g/mol. The first kappa shape index (κ1) is 16.9. The summed E-state index contributed by atoms with van der Waals surface area (Å²) in [7, 11) is 1.45. The minimum absolute atomic E-state index is 0.0615. The minimum atomic E-state index is -0.364. The van der Waals surface area contributed by atoms with Crippen LogP contribution < -0.4 is 10.3 Å². The van der Waals surface area contributed by atoms with Gasteiger partial charge >= 0.3 is 0 Å². The highest BCUT2D eigenvalue weighted by atomic mass is 32.1. The van der Waals surface area contributed by atoms with Gasteiger partial charge in [-0.05, 0) is 35.6 Å². The van der Waals surface area contributed by atoms with E-state index in [1.54, 1.807) is 17.4 Å². The van der Waals surface area contributed by atoms with Crippen molar-refractivity contribution < 1.29 is 9.13 Å². The molecule has 4 rings (SSSR count). The largest absolute Gasteiger partial charge is 0.494 e. The number of aromatic nitrogens is 2. The van der Waals surface area contributed by atoms with E-state index in [1.807, 2.05) is 23.6 Å². The molecule has 1 aromatic carbocycles. The molecule has 0 atom stereocenters. The molecule has 0 aliphatic carbocycles. The number of nitrogens with zero attached hydrogens (tertiary/aromatic N) is 2. The van der Waals surface area contributed by atoms with Crippen molar-refractivity contribution in [2.75, 3.05) is 13.7 Å². The second-order valence-electron chi connectivity index (χ2n) is 6.25. The number of H-pyrrole nitrogens is 1. The predicted octanol–water partition coefficient (Wildman–Crippen LogP) is 3.20. The summed E-state index contributed by atoms with van der Waals surface area (Å²) in [6.07, 6.45) is 0.640. The number of hydrogen-bond donors (Lipinski definition) is 1. The topological polar surface area (TPSA) is 58.2 Å². The molecule has 0 amide bonds. The van der Waals surface area contributed by atoms with Gasteiger partial charge in [-0.15, -0.1) is 11.3 Å². The first-order chi connectivity index (χ1) is 12.6. The molecule has 1 N–H and O–H groups in total. The highest BCUT2D eigenvalue weighted by Gasteiger charge is 2.22. The molecule has 2 aromatic heterocycles. The summed E-state index contributed by atoms with van der Waals surface area (Å²) in [6, 6.07) is 8.87. The van der Waals surface area contributed by atoms with Gasteiger partial charge in [0, 0.05) is 25.2 Å². The van der Waals surface area contributed by atoms with E-state index < -0.39 is 0 Å². The van der Waals surface area contributed by atoms with Crippen LogP contribution in [0.4, 0.5) is 4.39 Å². The maximum atomic E-state index is 13.9. The Hall–Kier alpha value is -2.51. The molecule has 5 nitrogen and oxygen atoms in total. The average molecular weight is 371 g/mol. The summed E-state index contributed by atoms with van der Waals surface area (Å²) in [5.41, 5.74) is 2.36. The van der Waals surface area contributed by atoms with Gasteiger partial charge in [-0.25, -0.2) is 9.37 Å². The van der Waals surface area contributed by atoms with Crippen LogP contribution in [0, 0.1) is 5.82 Å². The van der Waals surface area contributed by atoms with Crippen LogP contribution in [-0.4, -0.2) is 28.5 Å². The van der Waals surface area contributed by atoms with Crippen LogP contribution in [-0.2, 0) is 19.5 Å². The van der Waals surface area contributed by atoms with Crippen molar-refractivity contribution in [1.29, 1.82) is 0 Å². The quantitative estimate of drug-likeness (QED) is 0.765. The second kappa shape index (κ2) is 7.01. The van der Waals surface area contributed by atoms with E-state index in [1.165, 1.54) is 13.2 Å². The lowest BCUT2D eigenvalue weighted by Crippen LogP contribution is -2.35. The molecule has 0 saturated heterocycles. The Morgan fingerprint density at radius 3 is 3.00 bits per heavy atom. The first-order valence-corrected chi connectivity index (χ1v) is 9.22. The third-order valence-electron chi connectivity index (χ3n) is 4.53. The van der Waals surface area contributed by atoms with Crippen LogP contribution in [0.2, 0.25) is 0 Å². The van der Waals surface area contributed by atoms with Crippen LogP contribution in [0.5, 0.6) is 5.75 Å². The summed E-state index contributed by atoms with van der Waals surface area (Å²) in [5, 5.41) is 1.96. The van der Waals surface area contributed by atoms with Gasteiger partial charge in [0.15, 0.2) is 17.4 Å². The second-order valence-corrected chi connectivity index (χ2v) is 7.19. The van der Waals surface area contributed by atoms with Crippen molar-refractivity contribution in [3.63, 3.8) is 0 Å². The SMILES string of the molecule is COc1ccc(CN2CCc3c(nc(-c4cccs4)[nH]c3=O)C2)cc1F. The smallest absolute Gasteiger partial charge is 0.254 e. The van der Waals surface area contributed by atoms with E-state index >= 15 is 0 Å². The number of aromatic amines is 1. The molecular formula is C19H18FN3O2S. The van der Waals surface area contributed by atoms with E-state index in [-0.39, 0.29) is 17.1 Å². The summed E-state index contributed by atoms with van der Waals surface area (Å²) in [4.78, 5) is 23.1. The monoisotopic (exact) mass is 371 g/mol. The molecule has 26 heavy (non-hydrogen) atoms. The van der Waals surface area contributed by atoms with Gasteiger partial charge in [-0.1, -0.05) is 12.1 Å². The summed E-state index contributed by atoms with van der Waals surface area (Å²) in [6.45, 7) is 1.91. The van der Waals surface area contributed by atoms with Crippen molar-refractivity contribution in [1.82, 2.24) is 14.9 Å². The van der Waals surface area contributed by atoms with Crippen LogP contribution >= 0.6 is 11.3 Å². The van der Waals surface area contributed by atoms with Crippen molar-refractivity contribution in [2.24, 2.45) is 0 Å². The molecule has 0 fully saturated rings. The van der Waals surface area contributed by atoms with Crippen molar-refractivity contribution >= 4 is 11.3 Å². The molecule has 7 heteroatoms. The number of methoxy groups -OCH3 is 1. The lowest BCUT2D eigenvalue weighted by Gasteiger charge is -2.27. The van der Waals surface area contributed by atoms with Crippen molar-refractivity contribution in [3.8, 4) is 16.5 Å². The number of ether oxygens (including phenoxy) is 1. The summed E-state index contributed by atoms with van der Waals surface area (Å²) < 4.78 is 18.9. The van der Waals surface area contributed by atoms with E-state index in [9.17, 15) is 9.18 Å². The number of rotatable bonds is 4. The maximum absolute atomic E-state index is 13.9. The molecule has 0 unspecified atom stereocenters. The number of halogens is 1. The normalized spacial score (nSPS) is 14.2. The molecule has 3 heterocycles. The third-order valence-corrected chi connectivity index (χ3v) is 5.41. The Morgan fingerprint density at radius 2 is 2.27 bits per heavy atom. The highest BCUT2D eigenvalue weighted by Crippen LogP contribution is 2.24. The number of thiophene rings is 1. The average Bonchev–Trinajstić information content (AvgIpc) is 3.16. The van der Waals surface area contributed by atoms with Crippen LogP contribution in [0.3, 0.4) is 0 Å². The lowest BCUT2D eigenvalue weighted by atomic mass is 10.1. The van der Waals surface area contributed by atoms with Gasteiger partial charge < -0.3 is 9.72 Å². The van der Waals surface area contributed by atoms with Gasteiger partial charge in [0.25, 0.3) is 5.56 Å². The number of hydrogen-bond acceptors (Lipinski definition) is 5. The summed E-state index contributed by atoms with van der Waals surface area (Å²) in [5.74, 6) is 0.490. The van der Waals surface area contributed by atoms with Gasteiger partial charge in [0.05, 0.1) is 17.7 Å². The zero-order valence-electron chi connectivity index (χ0n) is 14.3. The van der Waals surface area contributed by atoms with Crippen molar-refractivity contribution in [2.45, 2.75) is 19.5 Å². The molecule has 1 aliphatic rings. The number of benzene rings is 1. The van der Waals surface area contributed by atoms with Crippen LogP contribution in [0.1, 0.15) is 16.8 Å². The zero-order valence-corrected chi connectivity index (χ0v) is 15.1. The lowest BCUT2D eigenvalue weighted by molar-refractivity contribution is 0.240. The minimum Gasteiger partial charge on any atom is -0.494 e. The Balaban J connectivity index is 1.57. The number of fused-ring (bicyclic) bond motifs is 1. The van der Waals surface area contributed by atoms with E-state index in [4.69, 9.17) is 4.74 Å². The molecule has 134 valence electrons. The Morgan fingerprint density at radius 1 is 1.38 bits per heavy atom. The predicted molar refractivity (Wildman–Crippen MR) is 98.9 cm³/mol. The molecule has 0 spiro atoms. The van der Waals surface area contributed by atoms with Crippen LogP contribution in [0.25, 0.3) is 10.7 Å². The van der Waals surface area contributed by atoms with E-state index in [2.05, 4.69) is 14.9 Å². The first-order valence-electron chi connectivity index (χ1n) is 8.35.